The van der Waals surface area contributed by atoms with Crippen LogP contribution in [0.25, 0.3) is 0 Å². The van der Waals surface area contributed by atoms with E-state index in [0.29, 0.717) is 6.42 Å². The van der Waals surface area contributed by atoms with Gasteiger partial charge in [-0.25, -0.2) is 4.98 Å². The van der Waals surface area contributed by atoms with E-state index in [1.54, 1.807) is 5.51 Å². The van der Waals surface area contributed by atoms with Crippen LogP contribution in [0.3, 0.4) is 0 Å². The molecule has 2 rings (SSSR count). The number of aliphatic hydroxyl groups excluding tert-OH is 1. The molecule has 1 unspecified atom stereocenters. The summed E-state index contributed by atoms with van der Waals surface area (Å²) in [6, 6.07) is 4.45. The molecule has 0 fully saturated rings. The molecular weight excluding hydrogens is 341 g/mol. The first-order valence-electron chi connectivity index (χ1n) is 7.28. The van der Waals surface area contributed by atoms with Gasteiger partial charge in [0.1, 0.15) is 0 Å². The van der Waals surface area contributed by atoms with Crippen LogP contribution in [0.4, 0.5) is 13.2 Å². The molecule has 24 heavy (non-hydrogen) atoms. The summed E-state index contributed by atoms with van der Waals surface area (Å²) in [6.07, 6.45) is -4.88. The highest BCUT2D eigenvalue weighted by molar-refractivity contribution is 7.09. The van der Waals surface area contributed by atoms with Crippen LogP contribution < -0.4 is 5.32 Å². The van der Waals surface area contributed by atoms with Crippen molar-refractivity contribution in [1.82, 2.24) is 10.3 Å². The van der Waals surface area contributed by atoms with Gasteiger partial charge in [0.15, 0.2) is 0 Å². The summed E-state index contributed by atoms with van der Waals surface area (Å²) in [5, 5.41) is 12.5. The number of alkyl halides is 3. The molecular formula is C16H17F3N2O2S. The number of thiazole rings is 1. The number of nitrogens with zero attached hydrogens (tertiary/aromatic N) is 1. The van der Waals surface area contributed by atoms with Gasteiger partial charge in [0, 0.05) is 17.8 Å². The van der Waals surface area contributed by atoms with Crippen molar-refractivity contribution in [3.8, 4) is 0 Å². The van der Waals surface area contributed by atoms with E-state index in [9.17, 15) is 23.1 Å². The highest BCUT2D eigenvalue weighted by atomic mass is 32.1. The van der Waals surface area contributed by atoms with Gasteiger partial charge < -0.3 is 10.4 Å². The van der Waals surface area contributed by atoms with Crippen molar-refractivity contribution in [3.05, 3.63) is 51.5 Å². The zero-order valence-electron chi connectivity index (χ0n) is 12.9. The van der Waals surface area contributed by atoms with Gasteiger partial charge in [-0.3, -0.25) is 4.79 Å². The van der Waals surface area contributed by atoms with Crippen LogP contribution in [-0.4, -0.2) is 22.5 Å². The second-order valence-electron chi connectivity index (χ2n) is 5.30. The van der Waals surface area contributed by atoms with Crippen molar-refractivity contribution in [1.29, 1.82) is 0 Å². The van der Waals surface area contributed by atoms with E-state index in [1.165, 1.54) is 23.5 Å². The first-order valence-corrected chi connectivity index (χ1v) is 8.16. The van der Waals surface area contributed by atoms with Gasteiger partial charge in [0.05, 0.1) is 22.9 Å². The SMILES string of the molecule is Cc1ncsc1CCC(=O)NCC(O)c1cccc(C(F)(F)F)c1. The van der Waals surface area contributed by atoms with Gasteiger partial charge in [-0.05, 0) is 31.0 Å². The standard InChI is InChI=1S/C16H17F3N2O2S/c1-10-14(24-9-21-10)5-6-15(23)20-8-13(22)11-3-2-4-12(7-11)16(17,18)19/h2-4,7,9,13,22H,5-6,8H2,1H3,(H,20,23). The summed E-state index contributed by atoms with van der Waals surface area (Å²) in [6.45, 7) is 1.73. The fourth-order valence-electron chi connectivity index (χ4n) is 2.13. The highest BCUT2D eigenvalue weighted by Gasteiger charge is 2.30. The largest absolute Gasteiger partial charge is 0.416 e. The summed E-state index contributed by atoms with van der Waals surface area (Å²) in [5.41, 5.74) is 1.88. The monoisotopic (exact) mass is 358 g/mol. The van der Waals surface area contributed by atoms with E-state index in [-0.39, 0.29) is 24.4 Å². The van der Waals surface area contributed by atoms with E-state index < -0.39 is 17.8 Å². The van der Waals surface area contributed by atoms with Crippen LogP contribution in [0.2, 0.25) is 0 Å². The van der Waals surface area contributed by atoms with Crippen LogP contribution in [-0.2, 0) is 17.4 Å². The number of carbonyl (C=O) groups is 1. The predicted octanol–water partition coefficient (Wildman–Crippen LogP) is 3.25. The lowest BCUT2D eigenvalue weighted by Crippen LogP contribution is -2.28. The Morgan fingerprint density at radius 1 is 1.42 bits per heavy atom. The number of aromatic nitrogens is 1. The third kappa shape index (κ3) is 5.04. The number of rotatable bonds is 6. The van der Waals surface area contributed by atoms with E-state index in [2.05, 4.69) is 10.3 Å². The Morgan fingerprint density at radius 3 is 2.79 bits per heavy atom. The van der Waals surface area contributed by atoms with Crippen molar-refractivity contribution in [2.75, 3.05) is 6.54 Å². The number of nitrogens with one attached hydrogen (secondary N) is 1. The first-order chi connectivity index (χ1) is 11.3. The average Bonchev–Trinajstić information content (AvgIpc) is 2.95. The maximum Gasteiger partial charge on any atom is 0.416 e. The van der Waals surface area contributed by atoms with Crippen LogP contribution >= 0.6 is 11.3 Å². The van der Waals surface area contributed by atoms with Gasteiger partial charge >= 0.3 is 6.18 Å². The molecule has 2 aromatic rings. The van der Waals surface area contributed by atoms with Gasteiger partial charge in [0.25, 0.3) is 0 Å². The number of hydrogen-bond acceptors (Lipinski definition) is 4. The van der Waals surface area contributed by atoms with Crippen molar-refractivity contribution < 1.29 is 23.1 Å². The molecule has 0 radical (unpaired) electrons. The number of aryl methyl sites for hydroxylation is 2. The molecule has 1 atom stereocenters. The number of amides is 1. The summed E-state index contributed by atoms with van der Waals surface area (Å²) >= 11 is 1.47. The number of carbonyl (C=O) groups excluding carboxylic acids is 1. The second kappa shape index (κ2) is 7.76. The smallest absolute Gasteiger partial charge is 0.387 e. The van der Waals surface area contributed by atoms with Gasteiger partial charge in [-0.1, -0.05) is 12.1 Å². The molecule has 0 bridgehead atoms. The molecule has 0 aliphatic heterocycles. The molecule has 0 saturated heterocycles. The Kier molecular flexibility index (Phi) is 5.95. The minimum atomic E-state index is -4.47. The zero-order valence-corrected chi connectivity index (χ0v) is 13.7. The van der Waals surface area contributed by atoms with Crippen molar-refractivity contribution in [2.24, 2.45) is 0 Å². The molecule has 8 heteroatoms. The van der Waals surface area contributed by atoms with Crippen molar-refractivity contribution >= 4 is 17.2 Å². The molecule has 2 N–H and O–H groups in total. The van der Waals surface area contributed by atoms with E-state index in [0.717, 1.165) is 22.7 Å². The summed E-state index contributed by atoms with van der Waals surface area (Å²) in [7, 11) is 0. The maximum atomic E-state index is 12.7. The second-order valence-corrected chi connectivity index (χ2v) is 6.24. The zero-order chi connectivity index (χ0) is 17.7. The molecule has 1 heterocycles. The Balaban J connectivity index is 1.85. The van der Waals surface area contributed by atoms with Crippen molar-refractivity contribution in [2.45, 2.75) is 32.0 Å². The molecule has 1 amide bonds. The Morgan fingerprint density at radius 2 is 2.17 bits per heavy atom. The van der Waals surface area contributed by atoms with Gasteiger partial charge in [0.2, 0.25) is 5.91 Å². The minimum absolute atomic E-state index is 0.114. The lowest BCUT2D eigenvalue weighted by Gasteiger charge is -2.14. The topological polar surface area (TPSA) is 62.2 Å². The summed E-state index contributed by atoms with van der Waals surface area (Å²) < 4.78 is 38.0. The third-order valence-corrected chi connectivity index (χ3v) is 4.51. The number of aliphatic hydroxyl groups is 1. The molecule has 0 spiro atoms. The first kappa shape index (κ1) is 18.4. The third-order valence-electron chi connectivity index (χ3n) is 3.52. The molecule has 0 saturated carbocycles. The quantitative estimate of drug-likeness (QED) is 0.833. The Bertz CT molecular complexity index is 701. The van der Waals surface area contributed by atoms with E-state index in [4.69, 9.17) is 0 Å². The predicted molar refractivity (Wildman–Crippen MR) is 84.6 cm³/mol. The van der Waals surface area contributed by atoms with Crippen LogP contribution in [0.15, 0.2) is 29.8 Å². The summed E-state index contributed by atoms with van der Waals surface area (Å²) in [5.74, 6) is -0.270. The highest BCUT2D eigenvalue weighted by Crippen LogP contribution is 2.30. The Labute approximate surface area is 141 Å². The number of benzene rings is 1. The lowest BCUT2D eigenvalue weighted by molar-refractivity contribution is -0.137. The van der Waals surface area contributed by atoms with E-state index in [1.807, 2.05) is 6.92 Å². The van der Waals surface area contributed by atoms with Gasteiger partial charge in [-0.2, -0.15) is 13.2 Å². The molecule has 0 aliphatic carbocycles. The van der Waals surface area contributed by atoms with Gasteiger partial charge in [-0.15, -0.1) is 11.3 Å². The number of halogens is 3. The maximum absolute atomic E-state index is 12.7. The van der Waals surface area contributed by atoms with Crippen LogP contribution in [0.1, 0.15) is 34.2 Å². The lowest BCUT2D eigenvalue weighted by atomic mass is 10.1. The summed E-state index contributed by atoms with van der Waals surface area (Å²) in [4.78, 5) is 16.9. The molecule has 130 valence electrons. The number of hydrogen-bond donors (Lipinski definition) is 2. The van der Waals surface area contributed by atoms with Crippen molar-refractivity contribution in [3.63, 3.8) is 0 Å². The molecule has 1 aromatic carbocycles. The molecule has 0 aliphatic rings. The normalized spacial score (nSPS) is 12.9. The fraction of sp³-hybridized carbons (Fsp3) is 0.375. The average molecular weight is 358 g/mol. The Hall–Kier alpha value is -1.93. The molecule has 1 aromatic heterocycles. The fourth-order valence-corrected chi connectivity index (χ4v) is 2.91. The van der Waals surface area contributed by atoms with E-state index >= 15 is 0 Å². The molecule has 4 nitrogen and oxygen atoms in total. The van der Waals surface area contributed by atoms with Crippen LogP contribution in [0, 0.1) is 6.92 Å². The van der Waals surface area contributed by atoms with Crippen LogP contribution in [0.5, 0.6) is 0 Å². The minimum Gasteiger partial charge on any atom is -0.387 e.